The van der Waals surface area contributed by atoms with Crippen molar-refractivity contribution in [3.63, 3.8) is 0 Å². The number of pyridine rings is 1. The van der Waals surface area contributed by atoms with Crippen LogP contribution in [-0.2, 0) is 10.8 Å². The third-order valence-corrected chi connectivity index (χ3v) is 4.15. The van der Waals surface area contributed by atoms with Crippen LogP contribution in [-0.4, -0.2) is 43.4 Å². The second-order valence-corrected chi connectivity index (χ2v) is 6.07. The second-order valence-electron chi connectivity index (χ2n) is 4.80. The summed E-state index contributed by atoms with van der Waals surface area (Å²) in [4.78, 5) is 4.33. The lowest BCUT2D eigenvalue weighted by molar-refractivity contribution is 0.458. The molecule has 6 nitrogen and oxygen atoms in total. The predicted molar refractivity (Wildman–Crippen MR) is 77.4 cm³/mol. The number of hydrogen-bond acceptors (Lipinski definition) is 5. The molecule has 7 heteroatoms. The van der Waals surface area contributed by atoms with Gasteiger partial charge in [0.25, 0.3) is 0 Å². The van der Waals surface area contributed by atoms with Gasteiger partial charge in [0.2, 0.25) is 11.0 Å². The van der Waals surface area contributed by atoms with Gasteiger partial charge in [-0.2, -0.15) is 0 Å². The molecule has 1 saturated heterocycles. The molecule has 0 radical (unpaired) electrons. The lowest BCUT2D eigenvalue weighted by atomic mass is 10.2. The minimum Gasteiger partial charge on any atom is -0.309 e. The monoisotopic (exact) mass is 291 g/mol. The van der Waals surface area contributed by atoms with Gasteiger partial charge in [0.1, 0.15) is 5.69 Å². The maximum atomic E-state index is 11.9. The number of aromatic nitrogens is 4. The number of hydrogen-bond donors (Lipinski definition) is 0. The fraction of sp³-hybridized carbons (Fsp3) is 0.462. The molecule has 0 spiro atoms. The van der Waals surface area contributed by atoms with Gasteiger partial charge in [-0.05, 0) is 31.4 Å². The summed E-state index contributed by atoms with van der Waals surface area (Å²) in [6.07, 6.45) is 6.87. The van der Waals surface area contributed by atoms with Crippen molar-refractivity contribution in [2.75, 3.05) is 24.4 Å². The topological polar surface area (TPSA) is 63.9 Å². The summed E-state index contributed by atoms with van der Waals surface area (Å²) in [5, 5.41) is 11.0. The zero-order valence-corrected chi connectivity index (χ0v) is 12.2. The molecule has 0 aromatic carbocycles. The van der Waals surface area contributed by atoms with Gasteiger partial charge in [-0.25, -0.2) is 4.68 Å². The molecular formula is C13H17N5OS. The van der Waals surface area contributed by atoms with Crippen molar-refractivity contribution in [1.29, 1.82) is 0 Å². The molecule has 1 aliphatic rings. The van der Waals surface area contributed by atoms with Crippen LogP contribution in [0.5, 0.6) is 0 Å². The highest BCUT2D eigenvalue weighted by Gasteiger charge is 2.23. The van der Waals surface area contributed by atoms with Crippen LogP contribution < -0.4 is 5.01 Å². The summed E-state index contributed by atoms with van der Waals surface area (Å²) in [6, 6.07) is 5.68. The van der Waals surface area contributed by atoms with E-state index in [1.54, 1.807) is 12.5 Å². The van der Waals surface area contributed by atoms with E-state index in [9.17, 15) is 4.21 Å². The first kappa shape index (κ1) is 13.2. The van der Waals surface area contributed by atoms with Gasteiger partial charge in [-0.1, -0.05) is 6.07 Å². The molecule has 1 aliphatic heterocycles. The minimum absolute atomic E-state index is 0.493. The maximum Gasteiger partial charge on any atom is 0.240 e. The van der Waals surface area contributed by atoms with Gasteiger partial charge in [-0.15, -0.1) is 10.2 Å². The van der Waals surface area contributed by atoms with Gasteiger partial charge in [0.15, 0.2) is 0 Å². The quantitative estimate of drug-likeness (QED) is 0.850. The van der Waals surface area contributed by atoms with Crippen LogP contribution in [0.1, 0.15) is 19.3 Å². The molecule has 1 atom stereocenters. The first-order valence-electron chi connectivity index (χ1n) is 6.73. The van der Waals surface area contributed by atoms with Crippen molar-refractivity contribution in [3.05, 3.63) is 24.4 Å². The highest BCUT2D eigenvalue weighted by atomic mass is 32.2. The van der Waals surface area contributed by atoms with Crippen LogP contribution in [0, 0.1) is 0 Å². The summed E-state index contributed by atoms with van der Waals surface area (Å²) in [5.74, 6) is 0.665. The summed E-state index contributed by atoms with van der Waals surface area (Å²) in [6.45, 7) is 1.87. The molecule has 2 aromatic heterocycles. The molecule has 106 valence electrons. The van der Waals surface area contributed by atoms with Gasteiger partial charge < -0.3 is 5.01 Å². The number of piperidine rings is 1. The van der Waals surface area contributed by atoms with Gasteiger partial charge in [-0.3, -0.25) is 9.19 Å². The van der Waals surface area contributed by atoms with Crippen LogP contribution in [0.2, 0.25) is 0 Å². The Morgan fingerprint density at radius 1 is 1.15 bits per heavy atom. The first-order valence-corrected chi connectivity index (χ1v) is 8.28. The van der Waals surface area contributed by atoms with Crippen LogP contribution in [0.15, 0.2) is 29.6 Å². The SMILES string of the molecule is CS(=O)c1nnc(-c2ccccn2)n1N1CCCCC1. The molecule has 0 saturated carbocycles. The minimum atomic E-state index is -1.18. The van der Waals surface area contributed by atoms with E-state index in [1.807, 2.05) is 22.9 Å². The Kier molecular flexibility index (Phi) is 3.77. The Morgan fingerprint density at radius 3 is 2.60 bits per heavy atom. The molecule has 0 aliphatic carbocycles. The molecule has 0 N–H and O–H groups in total. The van der Waals surface area contributed by atoms with Crippen molar-refractivity contribution >= 4 is 10.8 Å². The fourth-order valence-electron chi connectivity index (χ4n) is 2.43. The van der Waals surface area contributed by atoms with E-state index in [0.717, 1.165) is 31.6 Å². The molecule has 0 bridgehead atoms. The van der Waals surface area contributed by atoms with E-state index in [4.69, 9.17) is 0 Å². The lowest BCUT2D eigenvalue weighted by Gasteiger charge is -2.30. The van der Waals surface area contributed by atoms with E-state index < -0.39 is 10.8 Å². The molecular weight excluding hydrogens is 274 g/mol. The van der Waals surface area contributed by atoms with Crippen molar-refractivity contribution in [2.45, 2.75) is 24.4 Å². The van der Waals surface area contributed by atoms with Crippen LogP contribution in [0.25, 0.3) is 11.5 Å². The zero-order valence-electron chi connectivity index (χ0n) is 11.4. The largest absolute Gasteiger partial charge is 0.309 e. The van der Waals surface area contributed by atoms with E-state index in [-0.39, 0.29) is 0 Å². The van der Waals surface area contributed by atoms with E-state index in [0.29, 0.717) is 11.0 Å². The van der Waals surface area contributed by atoms with E-state index in [1.165, 1.54) is 6.42 Å². The van der Waals surface area contributed by atoms with Crippen molar-refractivity contribution in [3.8, 4) is 11.5 Å². The van der Waals surface area contributed by atoms with Gasteiger partial charge in [0.05, 0.1) is 10.8 Å². The highest BCUT2D eigenvalue weighted by Crippen LogP contribution is 2.20. The second kappa shape index (κ2) is 5.70. The normalized spacial score (nSPS) is 17.1. The third-order valence-electron chi connectivity index (χ3n) is 3.38. The molecule has 1 fully saturated rings. The molecule has 1 unspecified atom stereocenters. The summed E-state index contributed by atoms with van der Waals surface area (Å²) in [5.41, 5.74) is 0.752. The highest BCUT2D eigenvalue weighted by molar-refractivity contribution is 7.84. The van der Waals surface area contributed by atoms with Crippen molar-refractivity contribution in [1.82, 2.24) is 19.9 Å². The lowest BCUT2D eigenvalue weighted by Crippen LogP contribution is -2.40. The summed E-state index contributed by atoms with van der Waals surface area (Å²) >= 11 is 0. The predicted octanol–water partition coefficient (Wildman–Crippen LogP) is 1.20. The maximum absolute atomic E-state index is 11.9. The fourth-order valence-corrected chi connectivity index (χ4v) is 3.03. The molecule has 3 rings (SSSR count). The van der Waals surface area contributed by atoms with E-state index >= 15 is 0 Å². The smallest absolute Gasteiger partial charge is 0.240 e. The van der Waals surface area contributed by atoms with Gasteiger partial charge >= 0.3 is 0 Å². The number of nitrogens with zero attached hydrogens (tertiary/aromatic N) is 5. The molecule has 2 aromatic rings. The summed E-state index contributed by atoms with van der Waals surface area (Å²) in [7, 11) is -1.18. The zero-order chi connectivity index (χ0) is 13.9. The molecule has 20 heavy (non-hydrogen) atoms. The Hall–Kier alpha value is -1.76. The number of rotatable bonds is 3. The standard InChI is InChI=1S/C13H17N5OS/c1-20(19)13-16-15-12(11-7-3-4-8-14-11)18(13)17-9-5-2-6-10-17/h3-4,7-8H,2,5-6,9-10H2,1H3. The average Bonchev–Trinajstić information content (AvgIpc) is 2.94. The Morgan fingerprint density at radius 2 is 1.95 bits per heavy atom. The van der Waals surface area contributed by atoms with Crippen molar-refractivity contribution < 1.29 is 4.21 Å². The van der Waals surface area contributed by atoms with Crippen LogP contribution >= 0.6 is 0 Å². The third kappa shape index (κ3) is 2.45. The van der Waals surface area contributed by atoms with E-state index in [2.05, 4.69) is 20.2 Å². The Labute approximate surface area is 120 Å². The first-order chi connectivity index (χ1) is 9.77. The molecule has 0 amide bonds. The molecule has 3 heterocycles. The van der Waals surface area contributed by atoms with Gasteiger partial charge in [0, 0.05) is 25.5 Å². The Bertz CT molecular complexity index is 606. The van der Waals surface area contributed by atoms with Crippen LogP contribution in [0.4, 0.5) is 0 Å². The summed E-state index contributed by atoms with van der Waals surface area (Å²) < 4.78 is 13.8. The van der Waals surface area contributed by atoms with Crippen molar-refractivity contribution in [2.24, 2.45) is 0 Å². The average molecular weight is 291 g/mol. The Balaban J connectivity index is 2.08. The van der Waals surface area contributed by atoms with Crippen LogP contribution in [0.3, 0.4) is 0 Å².